The predicted molar refractivity (Wildman–Crippen MR) is 118 cm³/mol. The fraction of sp³-hybridized carbons (Fsp3) is 0.286. The van der Waals surface area contributed by atoms with Crippen molar-refractivity contribution >= 4 is 44.6 Å². The molecule has 0 spiro atoms. The van der Waals surface area contributed by atoms with Crippen LogP contribution in [0.5, 0.6) is 5.75 Å². The van der Waals surface area contributed by atoms with E-state index in [2.05, 4.69) is 32.9 Å². The van der Waals surface area contributed by atoms with Crippen LogP contribution in [0.25, 0.3) is 10.9 Å². The second-order valence-electron chi connectivity index (χ2n) is 6.27. The van der Waals surface area contributed by atoms with Crippen LogP contribution in [0, 0.1) is 0 Å². The SMILES string of the molecule is CCCCc1nc2ccc(Br)cc2c(=O)n1N=Cc1cc(Cl)ccc1OCC. The minimum atomic E-state index is -0.200. The quantitative estimate of drug-likeness (QED) is 0.440. The molecule has 146 valence electrons. The topological polar surface area (TPSA) is 56.5 Å². The molecule has 1 aromatic heterocycles. The van der Waals surface area contributed by atoms with E-state index in [1.807, 2.05) is 19.1 Å². The molecule has 0 saturated carbocycles. The van der Waals surface area contributed by atoms with Crippen molar-refractivity contribution in [2.24, 2.45) is 5.10 Å². The van der Waals surface area contributed by atoms with Gasteiger partial charge in [0, 0.05) is 21.5 Å². The van der Waals surface area contributed by atoms with Crippen molar-refractivity contribution in [3.05, 3.63) is 67.6 Å². The monoisotopic (exact) mass is 461 g/mol. The van der Waals surface area contributed by atoms with Crippen LogP contribution in [0.15, 0.2) is 50.8 Å². The highest BCUT2D eigenvalue weighted by atomic mass is 79.9. The summed E-state index contributed by atoms with van der Waals surface area (Å²) in [5, 5.41) is 5.55. The molecular weight excluding hydrogens is 442 g/mol. The molecule has 0 bridgehead atoms. The van der Waals surface area contributed by atoms with Crippen LogP contribution < -0.4 is 10.3 Å². The van der Waals surface area contributed by atoms with Crippen molar-refractivity contribution in [3.63, 3.8) is 0 Å². The number of aromatic nitrogens is 2. The van der Waals surface area contributed by atoms with Gasteiger partial charge >= 0.3 is 0 Å². The number of halogens is 2. The summed E-state index contributed by atoms with van der Waals surface area (Å²) in [5.74, 6) is 1.30. The number of hydrogen-bond acceptors (Lipinski definition) is 4. The Labute approximate surface area is 177 Å². The van der Waals surface area contributed by atoms with Gasteiger partial charge in [-0.25, -0.2) is 4.98 Å². The molecule has 3 aromatic rings. The summed E-state index contributed by atoms with van der Waals surface area (Å²) in [5.41, 5.74) is 1.18. The van der Waals surface area contributed by atoms with E-state index in [1.165, 1.54) is 4.68 Å². The van der Waals surface area contributed by atoms with Gasteiger partial charge < -0.3 is 4.74 Å². The highest BCUT2D eigenvalue weighted by Crippen LogP contribution is 2.22. The second-order valence-corrected chi connectivity index (χ2v) is 7.62. The molecule has 1 heterocycles. The van der Waals surface area contributed by atoms with Gasteiger partial charge in [-0.3, -0.25) is 4.79 Å². The maximum atomic E-state index is 13.1. The van der Waals surface area contributed by atoms with Crippen LogP contribution in [0.3, 0.4) is 0 Å². The minimum absolute atomic E-state index is 0.200. The fourth-order valence-corrected chi connectivity index (χ4v) is 3.38. The predicted octanol–water partition coefficient (Wildman–Crippen LogP) is 5.44. The number of nitrogens with zero attached hydrogens (tertiary/aromatic N) is 3. The van der Waals surface area contributed by atoms with Crippen LogP contribution in [0.1, 0.15) is 38.1 Å². The number of rotatable bonds is 7. The van der Waals surface area contributed by atoms with E-state index in [0.29, 0.717) is 46.1 Å². The molecular formula is C21H21BrClN3O2. The highest BCUT2D eigenvalue weighted by molar-refractivity contribution is 9.10. The molecule has 28 heavy (non-hydrogen) atoms. The first kappa shape index (κ1) is 20.6. The van der Waals surface area contributed by atoms with Gasteiger partial charge in [0.1, 0.15) is 11.6 Å². The molecule has 3 rings (SSSR count). The number of benzene rings is 2. The second kappa shape index (κ2) is 9.34. The molecule has 0 saturated heterocycles. The third kappa shape index (κ3) is 4.62. The summed E-state index contributed by atoms with van der Waals surface area (Å²) in [7, 11) is 0. The number of fused-ring (bicyclic) bond motifs is 1. The normalized spacial score (nSPS) is 11.4. The molecule has 0 aliphatic heterocycles. The molecule has 0 atom stereocenters. The Morgan fingerprint density at radius 1 is 1.25 bits per heavy atom. The lowest BCUT2D eigenvalue weighted by Crippen LogP contribution is -2.22. The number of hydrogen-bond donors (Lipinski definition) is 0. The first-order valence-corrected chi connectivity index (χ1v) is 10.4. The van der Waals surface area contributed by atoms with Crippen LogP contribution in [-0.2, 0) is 6.42 Å². The Morgan fingerprint density at radius 2 is 2.07 bits per heavy atom. The molecule has 0 fully saturated rings. The van der Waals surface area contributed by atoms with Gasteiger partial charge in [0.25, 0.3) is 5.56 Å². The lowest BCUT2D eigenvalue weighted by molar-refractivity contribution is 0.340. The number of ether oxygens (including phenoxy) is 1. The molecule has 0 radical (unpaired) electrons. The summed E-state index contributed by atoms with van der Waals surface area (Å²) in [6.07, 6.45) is 4.19. The van der Waals surface area contributed by atoms with Gasteiger partial charge in [0.05, 0.1) is 23.7 Å². The minimum Gasteiger partial charge on any atom is -0.493 e. The largest absolute Gasteiger partial charge is 0.493 e. The average Bonchev–Trinajstić information content (AvgIpc) is 2.68. The Morgan fingerprint density at radius 3 is 2.82 bits per heavy atom. The van der Waals surface area contributed by atoms with Gasteiger partial charge in [-0.05, 0) is 49.7 Å². The number of unbranched alkanes of at least 4 members (excludes halogenated alkanes) is 1. The fourth-order valence-electron chi connectivity index (χ4n) is 2.84. The molecule has 0 N–H and O–H groups in total. The van der Waals surface area contributed by atoms with Crippen molar-refractivity contribution < 1.29 is 4.74 Å². The molecule has 0 aliphatic rings. The maximum Gasteiger partial charge on any atom is 0.282 e. The first-order chi connectivity index (χ1) is 13.5. The van der Waals surface area contributed by atoms with Crippen molar-refractivity contribution in [3.8, 4) is 5.75 Å². The van der Waals surface area contributed by atoms with Crippen LogP contribution in [0.4, 0.5) is 0 Å². The zero-order chi connectivity index (χ0) is 20.1. The standard InChI is InChI=1S/C21H21BrClN3O2/c1-3-5-6-20-25-18-9-7-15(22)12-17(18)21(27)26(20)24-13-14-11-16(23)8-10-19(14)28-4-2/h7-13H,3-6H2,1-2H3. The van der Waals surface area contributed by atoms with Gasteiger partial charge in [-0.15, -0.1) is 0 Å². The Hall–Kier alpha value is -2.18. The summed E-state index contributed by atoms with van der Waals surface area (Å²) >= 11 is 9.54. The van der Waals surface area contributed by atoms with Crippen LogP contribution >= 0.6 is 27.5 Å². The molecule has 2 aromatic carbocycles. The summed E-state index contributed by atoms with van der Waals surface area (Å²) in [4.78, 5) is 17.8. The summed E-state index contributed by atoms with van der Waals surface area (Å²) in [6, 6.07) is 10.8. The van der Waals surface area contributed by atoms with Gasteiger partial charge in [-0.1, -0.05) is 40.9 Å². The lowest BCUT2D eigenvalue weighted by atomic mass is 10.2. The lowest BCUT2D eigenvalue weighted by Gasteiger charge is -2.10. The molecule has 5 nitrogen and oxygen atoms in total. The Kier molecular flexibility index (Phi) is 6.86. The smallest absolute Gasteiger partial charge is 0.282 e. The van der Waals surface area contributed by atoms with Crippen LogP contribution in [0.2, 0.25) is 5.02 Å². The van der Waals surface area contributed by atoms with E-state index in [0.717, 1.165) is 17.3 Å². The van der Waals surface area contributed by atoms with E-state index in [-0.39, 0.29) is 5.56 Å². The van der Waals surface area contributed by atoms with Crippen LogP contribution in [-0.4, -0.2) is 22.5 Å². The summed E-state index contributed by atoms with van der Waals surface area (Å²) in [6.45, 7) is 4.54. The zero-order valence-corrected chi connectivity index (χ0v) is 18.1. The van der Waals surface area contributed by atoms with E-state index in [4.69, 9.17) is 16.3 Å². The third-order valence-corrected chi connectivity index (χ3v) is 4.94. The van der Waals surface area contributed by atoms with Crippen molar-refractivity contribution in [1.82, 2.24) is 9.66 Å². The molecule has 7 heteroatoms. The molecule has 0 amide bonds. The average molecular weight is 463 g/mol. The van der Waals surface area contributed by atoms with Crippen molar-refractivity contribution in [1.29, 1.82) is 0 Å². The van der Waals surface area contributed by atoms with E-state index in [9.17, 15) is 4.79 Å². The Bertz CT molecular complexity index is 1080. The van der Waals surface area contributed by atoms with E-state index < -0.39 is 0 Å². The molecule has 0 unspecified atom stereocenters. The number of aryl methyl sites for hydroxylation is 1. The van der Waals surface area contributed by atoms with Gasteiger partial charge in [0.15, 0.2) is 0 Å². The molecule has 0 aliphatic carbocycles. The van der Waals surface area contributed by atoms with Crippen molar-refractivity contribution in [2.45, 2.75) is 33.1 Å². The van der Waals surface area contributed by atoms with E-state index >= 15 is 0 Å². The first-order valence-electron chi connectivity index (χ1n) is 9.21. The van der Waals surface area contributed by atoms with Gasteiger partial charge in [-0.2, -0.15) is 9.78 Å². The third-order valence-electron chi connectivity index (χ3n) is 4.21. The highest BCUT2D eigenvalue weighted by Gasteiger charge is 2.11. The van der Waals surface area contributed by atoms with Crippen molar-refractivity contribution in [2.75, 3.05) is 6.61 Å². The van der Waals surface area contributed by atoms with E-state index in [1.54, 1.807) is 30.5 Å². The maximum absolute atomic E-state index is 13.1. The zero-order valence-electron chi connectivity index (χ0n) is 15.8. The Balaban J connectivity index is 2.13. The van der Waals surface area contributed by atoms with Gasteiger partial charge in [0.2, 0.25) is 0 Å². The summed E-state index contributed by atoms with van der Waals surface area (Å²) < 4.78 is 7.83.